The van der Waals surface area contributed by atoms with Crippen molar-refractivity contribution in [3.8, 4) is 17.3 Å². The number of ether oxygens (including phenoxy) is 1. The second-order valence-electron chi connectivity index (χ2n) is 12.2. The van der Waals surface area contributed by atoms with Crippen LogP contribution in [0, 0.1) is 11.3 Å². The fourth-order valence-corrected chi connectivity index (χ4v) is 5.33. The Kier molecular flexibility index (Phi) is 9.78. The van der Waals surface area contributed by atoms with Crippen molar-refractivity contribution in [2.75, 3.05) is 38.0 Å². The predicted octanol–water partition coefficient (Wildman–Crippen LogP) is 4.25. The highest BCUT2D eigenvalue weighted by Gasteiger charge is 2.38. The topological polar surface area (TPSA) is 163 Å². The molecular formula is C32H35F3N10O4. The van der Waals surface area contributed by atoms with Gasteiger partial charge < -0.3 is 25.2 Å². The SMILES string of the molecule is CCc1cc(Nc2nccn3c(-c4cn(CC#N)nc4C(F)(F)F)cnc23)ccc1C(=O)NCC(=O)N1CCN(C(=O)OC(C)(C)C)CC1. The lowest BCUT2D eigenvalue weighted by molar-refractivity contribution is -0.141. The Morgan fingerprint density at radius 2 is 1.78 bits per heavy atom. The summed E-state index contributed by atoms with van der Waals surface area (Å²) in [4.78, 5) is 50.0. The molecule has 1 aromatic carbocycles. The lowest BCUT2D eigenvalue weighted by Crippen LogP contribution is -2.53. The van der Waals surface area contributed by atoms with Crippen molar-refractivity contribution in [1.29, 1.82) is 5.26 Å². The quantitative estimate of drug-likeness (QED) is 0.277. The van der Waals surface area contributed by atoms with E-state index in [1.54, 1.807) is 54.8 Å². The summed E-state index contributed by atoms with van der Waals surface area (Å²) < 4.78 is 49.1. The number of piperazine rings is 1. The number of anilines is 2. The van der Waals surface area contributed by atoms with Gasteiger partial charge in [-0.25, -0.2) is 14.8 Å². The fourth-order valence-electron chi connectivity index (χ4n) is 5.33. The number of halogens is 3. The molecule has 2 N–H and O–H groups in total. The standard InChI is InChI=1S/C32H35F3N10O4/c1-5-20-16-21(6-7-22(20)29(47)39-18-25(46)42-12-14-43(15-13-42)30(48)49-31(2,3)4)40-27-28-38-17-24(45(28)11-9-37-27)23-19-44(10-8-36)41-26(23)32(33,34)35/h6-7,9,11,16-17,19H,5,10,12-15,18H2,1-4H3,(H,37,40)(H,39,47). The molecule has 1 aliphatic heterocycles. The monoisotopic (exact) mass is 680 g/mol. The normalized spacial score (nSPS) is 13.7. The van der Waals surface area contributed by atoms with E-state index in [2.05, 4.69) is 25.7 Å². The predicted molar refractivity (Wildman–Crippen MR) is 171 cm³/mol. The Morgan fingerprint density at radius 1 is 1.06 bits per heavy atom. The number of imidazole rings is 1. The third-order valence-corrected chi connectivity index (χ3v) is 7.64. The van der Waals surface area contributed by atoms with Crippen LogP contribution in [-0.4, -0.2) is 90.2 Å². The van der Waals surface area contributed by atoms with Crippen LogP contribution in [0.15, 0.2) is 43.0 Å². The van der Waals surface area contributed by atoms with E-state index in [0.29, 0.717) is 49.4 Å². The van der Waals surface area contributed by atoms with Crippen LogP contribution in [0.25, 0.3) is 16.9 Å². The van der Waals surface area contributed by atoms with Gasteiger partial charge in [0, 0.05) is 56.0 Å². The Morgan fingerprint density at radius 3 is 2.43 bits per heavy atom. The molecule has 1 saturated heterocycles. The highest BCUT2D eigenvalue weighted by molar-refractivity contribution is 5.98. The molecule has 0 aliphatic carbocycles. The molecule has 0 atom stereocenters. The number of nitrogens with one attached hydrogen (secondary N) is 2. The number of alkyl halides is 3. The number of aromatic nitrogens is 5. The number of nitriles is 1. The Labute approximate surface area is 279 Å². The van der Waals surface area contributed by atoms with Crippen LogP contribution < -0.4 is 10.6 Å². The third kappa shape index (κ3) is 7.91. The van der Waals surface area contributed by atoms with E-state index in [4.69, 9.17) is 10.00 Å². The molecule has 0 saturated carbocycles. The van der Waals surface area contributed by atoms with Crippen molar-refractivity contribution < 1.29 is 32.3 Å². The molecule has 5 rings (SSSR count). The van der Waals surface area contributed by atoms with Gasteiger partial charge >= 0.3 is 12.3 Å². The molecule has 49 heavy (non-hydrogen) atoms. The molecule has 14 nitrogen and oxygen atoms in total. The highest BCUT2D eigenvalue weighted by atomic mass is 19.4. The fraction of sp³-hybridized carbons (Fsp3) is 0.406. The van der Waals surface area contributed by atoms with Crippen molar-refractivity contribution in [3.05, 3.63) is 59.8 Å². The number of nitrogens with zero attached hydrogens (tertiary/aromatic N) is 8. The summed E-state index contributed by atoms with van der Waals surface area (Å²) in [6, 6.07) is 6.79. The van der Waals surface area contributed by atoms with E-state index in [1.807, 2.05) is 6.92 Å². The average molecular weight is 681 g/mol. The summed E-state index contributed by atoms with van der Waals surface area (Å²) in [5, 5.41) is 18.3. The molecule has 1 aliphatic rings. The first-order valence-electron chi connectivity index (χ1n) is 15.5. The maximum atomic E-state index is 13.8. The Balaban J connectivity index is 1.25. The second-order valence-corrected chi connectivity index (χ2v) is 12.2. The van der Waals surface area contributed by atoms with Gasteiger partial charge in [-0.1, -0.05) is 6.92 Å². The van der Waals surface area contributed by atoms with Crippen LogP contribution >= 0.6 is 0 Å². The van der Waals surface area contributed by atoms with Gasteiger partial charge in [-0.3, -0.25) is 18.7 Å². The van der Waals surface area contributed by atoms with Crippen molar-refractivity contribution in [1.82, 2.24) is 39.3 Å². The molecule has 3 aromatic heterocycles. The number of carbonyl (C=O) groups is 3. The molecule has 4 aromatic rings. The molecule has 17 heteroatoms. The Bertz CT molecular complexity index is 1910. The van der Waals surface area contributed by atoms with Crippen LogP contribution in [0.3, 0.4) is 0 Å². The summed E-state index contributed by atoms with van der Waals surface area (Å²) in [7, 11) is 0. The summed E-state index contributed by atoms with van der Waals surface area (Å²) in [5.41, 5.74) is -0.0426. The minimum atomic E-state index is -4.76. The Hall–Kier alpha value is -5.66. The van der Waals surface area contributed by atoms with Gasteiger partial charge in [0.25, 0.3) is 5.91 Å². The summed E-state index contributed by atoms with van der Waals surface area (Å²) >= 11 is 0. The smallest absolute Gasteiger partial charge is 0.435 e. The summed E-state index contributed by atoms with van der Waals surface area (Å²) in [6.45, 7) is 7.96. The van der Waals surface area contributed by atoms with Crippen LogP contribution in [0.1, 0.15) is 49.3 Å². The number of rotatable bonds is 8. The zero-order valence-electron chi connectivity index (χ0n) is 27.3. The van der Waals surface area contributed by atoms with Crippen LogP contribution in [0.2, 0.25) is 0 Å². The minimum absolute atomic E-state index is 0.109. The third-order valence-electron chi connectivity index (χ3n) is 7.64. The molecule has 0 bridgehead atoms. The van der Waals surface area contributed by atoms with E-state index in [9.17, 15) is 27.6 Å². The van der Waals surface area contributed by atoms with Crippen molar-refractivity contribution >= 4 is 35.1 Å². The van der Waals surface area contributed by atoms with Gasteiger partial charge in [-0.05, 0) is 51.0 Å². The molecule has 0 unspecified atom stereocenters. The van der Waals surface area contributed by atoms with Gasteiger partial charge in [0.15, 0.2) is 17.2 Å². The number of aryl methyl sites for hydroxylation is 1. The summed E-state index contributed by atoms with van der Waals surface area (Å²) in [5.74, 6) is -0.449. The van der Waals surface area contributed by atoms with Gasteiger partial charge in [0.05, 0.1) is 30.1 Å². The molecule has 0 radical (unpaired) electrons. The molecule has 0 spiro atoms. The van der Waals surface area contributed by atoms with Crippen molar-refractivity contribution in [3.63, 3.8) is 0 Å². The van der Waals surface area contributed by atoms with Crippen molar-refractivity contribution in [2.45, 2.75) is 52.4 Å². The van der Waals surface area contributed by atoms with Crippen molar-refractivity contribution in [2.24, 2.45) is 0 Å². The van der Waals surface area contributed by atoms with E-state index < -0.39 is 29.5 Å². The van der Waals surface area contributed by atoms with Gasteiger partial charge in [-0.2, -0.15) is 23.5 Å². The maximum Gasteiger partial charge on any atom is 0.435 e. The first-order chi connectivity index (χ1) is 23.2. The van der Waals surface area contributed by atoms with Gasteiger partial charge in [0.2, 0.25) is 5.91 Å². The highest BCUT2D eigenvalue weighted by Crippen LogP contribution is 2.37. The molecule has 3 amide bonds. The zero-order valence-corrected chi connectivity index (χ0v) is 27.3. The van der Waals surface area contributed by atoms with E-state index in [-0.39, 0.29) is 41.7 Å². The van der Waals surface area contributed by atoms with Gasteiger partial charge in [-0.15, -0.1) is 0 Å². The number of carbonyl (C=O) groups excluding carboxylic acids is 3. The zero-order chi connectivity index (χ0) is 35.5. The first kappa shape index (κ1) is 34.7. The molecular weight excluding hydrogens is 645 g/mol. The lowest BCUT2D eigenvalue weighted by atomic mass is 10.0. The van der Waals surface area contributed by atoms with Crippen LogP contribution in [-0.2, 0) is 28.7 Å². The minimum Gasteiger partial charge on any atom is -0.444 e. The van der Waals surface area contributed by atoms with Crippen LogP contribution in [0.4, 0.5) is 29.5 Å². The average Bonchev–Trinajstić information content (AvgIpc) is 3.68. The maximum absolute atomic E-state index is 13.8. The number of amides is 3. The summed E-state index contributed by atoms with van der Waals surface area (Å²) in [6.07, 6.45) is 0.601. The number of benzene rings is 1. The van der Waals surface area contributed by atoms with E-state index in [1.165, 1.54) is 23.0 Å². The van der Waals surface area contributed by atoms with E-state index >= 15 is 0 Å². The number of fused-ring (bicyclic) bond motifs is 1. The first-order valence-corrected chi connectivity index (χ1v) is 15.5. The number of hydrogen-bond donors (Lipinski definition) is 2. The lowest BCUT2D eigenvalue weighted by Gasteiger charge is -2.35. The molecule has 258 valence electrons. The van der Waals surface area contributed by atoms with E-state index in [0.717, 1.165) is 10.9 Å². The van der Waals surface area contributed by atoms with Gasteiger partial charge in [0.1, 0.15) is 12.1 Å². The molecule has 1 fully saturated rings. The van der Waals surface area contributed by atoms with Crippen LogP contribution in [0.5, 0.6) is 0 Å². The molecule has 4 heterocycles. The number of hydrogen-bond acceptors (Lipinski definition) is 9. The second kappa shape index (κ2) is 13.8. The largest absolute Gasteiger partial charge is 0.444 e.